The van der Waals surface area contributed by atoms with Crippen LogP contribution in [-0.2, 0) is 17.9 Å². The Morgan fingerprint density at radius 2 is 1.88 bits per heavy atom. The van der Waals surface area contributed by atoms with Gasteiger partial charge in [0.15, 0.2) is 0 Å². The number of amides is 1. The van der Waals surface area contributed by atoms with Gasteiger partial charge in [0, 0.05) is 25.2 Å². The van der Waals surface area contributed by atoms with Gasteiger partial charge in [-0.15, -0.1) is 0 Å². The van der Waals surface area contributed by atoms with Crippen LogP contribution in [0.15, 0.2) is 43.0 Å². The smallest absolute Gasteiger partial charge is 0.244 e. The Kier molecular flexibility index (Phi) is 4.78. The number of hydrogen-bond acceptors (Lipinski definition) is 4. The molecule has 3 heterocycles. The topological polar surface area (TPSA) is 54.3 Å². The van der Waals surface area contributed by atoms with E-state index < -0.39 is 0 Å². The van der Waals surface area contributed by atoms with Gasteiger partial charge in [-0.3, -0.25) is 9.69 Å². The largest absolute Gasteiger partial charge is 0.337 e. The predicted octanol–water partition coefficient (Wildman–Crippen LogP) is 1.93. The highest BCUT2D eigenvalue weighted by Gasteiger charge is 2.39. The SMILES string of the molecule is O=C(Cn1cncn1)N1CCCC1C1CCCN1Cc1ccccc1. The van der Waals surface area contributed by atoms with Gasteiger partial charge in [0.05, 0.1) is 0 Å². The van der Waals surface area contributed by atoms with Gasteiger partial charge in [0.1, 0.15) is 19.2 Å². The van der Waals surface area contributed by atoms with Crippen molar-refractivity contribution in [3.05, 3.63) is 48.5 Å². The quantitative estimate of drug-likeness (QED) is 0.835. The molecular formula is C19H25N5O. The first-order valence-electron chi connectivity index (χ1n) is 9.21. The molecule has 2 aliphatic heterocycles. The summed E-state index contributed by atoms with van der Waals surface area (Å²) in [5, 5.41) is 4.07. The van der Waals surface area contributed by atoms with Crippen molar-refractivity contribution in [2.24, 2.45) is 0 Å². The Hall–Kier alpha value is -2.21. The van der Waals surface area contributed by atoms with Crippen LogP contribution < -0.4 is 0 Å². The molecule has 4 rings (SSSR count). The number of benzene rings is 1. The summed E-state index contributed by atoms with van der Waals surface area (Å²) in [4.78, 5) is 21.4. The van der Waals surface area contributed by atoms with Crippen LogP contribution in [0.1, 0.15) is 31.2 Å². The Balaban J connectivity index is 1.44. The van der Waals surface area contributed by atoms with Crippen LogP contribution in [-0.4, -0.2) is 55.6 Å². The normalized spacial score (nSPS) is 24.1. The third-order valence-corrected chi connectivity index (χ3v) is 5.47. The summed E-state index contributed by atoms with van der Waals surface area (Å²) in [6.45, 7) is 3.27. The van der Waals surface area contributed by atoms with Gasteiger partial charge in [-0.25, -0.2) is 9.67 Å². The number of carbonyl (C=O) groups is 1. The molecule has 0 N–H and O–H groups in total. The van der Waals surface area contributed by atoms with E-state index >= 15 is 0 Å². The van der Waals surface area contributed by atoms with E-state index in [-0.39, 0.29) is 5.91 Å². The molecule has 2 unspecified atom stereocenters. The van der Waals surface area contributed by atoms with Gasteiger partial charge in [-0.2, -0.15) is 5.10 Å². The molecule has 6 nitrogen and oxygen atoms in total. The van der Waals surface area contributed by atoms with Crippen LogP contribution in [0.25, 0.3) is 0 Å². The van der Waals surface area contributed by atoms with Crippen LogP contribution in [0.4, 0.5) is 0 Å². The van der Waals surface area contributed by atoms with E-state index in [1.54, 1.807) is 11.0 Å². The standard InChI is InChI=1S/C19H25N5O/c25-19(13-23-15-20-14-21-23)24-11-5-9-18(24)17-8-4-10-22(17)12-16-6-2-1-3-7-16/h1-3,6-7,14-15,17-18H,4-5,8-13H2. The summed E-state index contributed by atoms with van der Waals surface area (Å²) >= 11 is 0. The van der Waals surface area contributed by atoms with E-state index in [0.717, 1.165) is 32.5 Å². The Morgan fingerprint density at radius 3 is 2.68 bits per heavy atom. The molecule has 2 aromatic rings. The van der Waals surface area contributed by atoms with E-state index in [4.69, 9.17) is 0 Å². The minimum absolute atomic E-state index is 0.166. The van der Waals surface area contributed by atoms with Crippen LogP contribution in [0.2, 0.25) is 0 Å². The third kappa shape index (κ3) is 3.58. The van der Waals surface area contributed by atoms with Gasteiger partial charge in [-0.05, 0) is 37.8 Å². The van der Waals surface area contributed by atoms with E-state index in [1.807, 2.05) is 0 Å². The second-order valence-electron chi connectivity index (χ2n) is 7.06. The average Bonchev–Trinajstić information content (AvgIpc) is 3.36. The number of hydrogen-bond donors (Lipinski definition) is 0. The van der Waals surface area contributed by atoms with Crippen molar-refractivity contribution in [3.63, 3.8) is 0 Å². The van der Waals surface area contributed by atoms with E-state index in [2.05, 4.69) is 50.2 Å². The number of aromatic nitrogens is 3. The monoisotopic (exact) mass is 339 g/mol. The van der Waals surface area contributed by atoms with Crippen molar-refractivity contribution >= 4 is 5.91 Å². The lowest BCUT2D eigenvalue weighted by Gasteiger charge is -2.35. The Bertz CT molecular complexity index is 687. The zero-order valence-electron chi connectivity index (χ0n) is 14.5. The fourth-order valence-corrected chi connectivity index (χ4v) is 4.35. The number of likely N-dealkylation sites (tertiary alicyclic amines) is 2. The van der Waals surface area contributed by atoms with Gasteiger partial charge in [-0.1, -0.05) is 30.3 Å². The molecule has 2 fully saturated rings. The van der Waals surface area contributed by atoms with Crippen molar-refractivity contribution in [3.8, 4) is 0 Å². The van der Waals surface area contributed by atoms with E-state index in [0.29, 0.717) is 18.6 Å². The van der Waals surface area contributed by atoms with Crippen molar-refractivity contribution in [2.75, 3.05) is 13.1 Å². The minimum atomic E-state index is 0.166. The summed E-state index contributed by atoms with van der Waals surface area (Å²) in [5.74, 6) is 0.166. The Labute approximate surface area is 148 Å². The molecule has 1 amide bonds. The van der Waals surface area contributed by atoms with Gasteiger partial charge < -0.3 is 4.90 Å². The molecule has 2 atom stereocenters. The molecule has 132 valence electrons. The first-order chi connectivity index (χ1) is 12.3. The molecule has 6 heteroatoms. The zero-order chi connectivity index (χ0) is 17.1. The van der Waals surface area contributed by atoms with E-state index in [1.165, 1.54) is 24.7 Å². The van der Waals surface area contributed by atoms with E-state index in [9.17, 15) is 4.79 Å². The van der Waals surface area contributed by atoms with Gasteiger partial charge in [0.2, 0.25) is 5.91 Å². The number of rotatable bonds is 5. The van der Waals surface area contributed by atoms with Gasteiger partial charge >= 0.3 is 0 Å². The molecular weight excluding hydrogens is 314 g/mol. The highest BCUT2D eigenvalue weighted by molar-refractivity contribution is 5.76. The Morgan fingerprint density at radius 1 is 1.08 bits per heavy atom. The first-order valence-corrected chi connectivity index (χ1v) is 9.21. The van der Waals surface area contributed by atoms with Crippen molar-refractivity contribution in [1.82, 2.24) is 24.6 Å². The molecule has 2 aliphatic rings. The third-order valence-electron chi connectivity index (χ3n) is 5.47. The fraction of sp³-hybridized carbons (Fsp3) is 0.526. The molecule has 1 aromatic carbocycles. The molecule has 0 radical (unpaired) electrons. The lowest BCUT2D eigenvalue weighted by atomic mass is 10.0. The van der Waals surface area contributed by atoms with Crippen molar-refractivity contribution < 1.29 is 4.79 Å². The fourth-order valence-electron chi connectivity index (χ4n) is 4.35. The minimum Gasteiger partial charge on any atom is -0.337 e. The summed E-state index contributed by atoms with van der Waals surface area (Å²) in [7, 11) is 0. The summed E-state index contributed by atoms with van der Waals surface area (Å²) in [6, 6.07) is 11.5. The molecule has 0 spiro atoms. The second kappa shape index (κ2) is 7.35. The zero-order valence-corrected chi connectivity index (χ0v) is 14.5. The summed E-state index contributed by atoms with van der Waals surface area (Å²) in [5.41, 5.74) is 1.35. The highest BCUT2D eigenvalue weighted by atomic mass is 16.2. The maximum atomic E-state index is 12.8. The van der Waals surface area contributed by atoms with Crippen LogP contribution >= 0.6 is 0 Å². The highest BCUT2D eigenvalue weighted by Crippen LogP contribution is 2.31. The maximum absolute atomic E-state index is 12.8. The molecule has 0 aliphatic carbocycles. The first kappa shape index (κ1) is 16.3. The lowest BCUT2D eigenvalue weighted by molar-refractivity contribution is -0.134. The summed E-state index contributed by atoms with van der Waals surface area (Å²) < 4.78 is 1.62. The van der Waals surface area contributed by atoms with Crippen LogP contribution in [0.3, 0.4) is 0 Å². The molecule has 1 aromatic heterocycles. The molecule has 2 saturated heterocycles. The van der Waals surface area contributed by atoms with Crippen LogP contribution in [0.5, 0.6) is 0 Å². The second-order valence-corrected chi connectivity index (χ2v) is 7.06. The van der Waals surface area contributed by atoms with Crippen molar-refractivity contribution in [1.29, 1.82) is 0 Å². The lowest BCUT2D eigenvalue weighted by Crippen LogP contribution is -2.48. The summed E-state index contributed by atoms with van der Waals surface area (Å²) in [6.07, 6.45) is 7.71. The number of carbonyl (C=O) groups excluding carboxylic acids is 1. The predicted molar refractivity (Wildman–Crippen MR) is 94.6 cm³/mol. The van der Waals surface area contributed by atoms with Crippen molar-refractivity contribution in [2.45, 2.75) is 50.9 Å². The molecule has 0 bridgehead atoms. The maximum Gasteiger partial charge on any atom is 0.244 e. The van der Waals surface area contributed by atoms with Crippen LogP contribution in [0, 0.1) is 0 Å². The van der Waals surface area contributed by atoms with Gasteiger partial charge in [0.25, 0.3) is 0 Å². The molecule has 25 heavy (non-hydrogen) atoms. The average molecular weight is 339 g/mol. The number of nitrogens with zero attached hydrogens (tertiary/aromatic N) is 5. The molecule has 0 saturated carbocycles.